The van der Waals surface area contributed by atoms with Crippen molar-refractivity contribution in [1.29, 1.82) is 0 Å². The van der Waals surface area contributed by atoms with Gasteiger partial charge in [0, 0.05) is 42.8 Å². The van der Waals surface area contributed by atoms with E-state index in [1.54, 1.807) is 29.1 Å². The Balaban J connectivity index is 1.79. The van der Waals surface area contributed by atoms with Gasteiger partial charge in [-0.1, -0.05) is 23.4 Å². The molecule has 0 saturated carbocycles. The maximum atomic E-state index is 14.9. The van der Waals surface area contributed by atoms with Crippen molar-refractivity contribution in [3.63, 3.8) is 0 Å². The van der Waals surface area contributed by atoms with Crippen molar-refractivity contribution < 1.29 is 23.8 Å². The number of aryl methyl sites for hydroxylation is 1. The number of rotatable bonds is 8. The van der Waals surface area contributed by atoms with Crippen LogP contribution in [-0.4, -0.2) is 62.4 Å². The second kappa shape index (κ2) is 8.58. The number of carboxylic acids is 1. The molecular formula is C21H25FN4O4S. The molecule has 5 atom stereocenters. The van der Waals surface area contributed by atoms with Crippen LogP contribution in [0.3, 0.4) is 0 Å². The molecule has 2 bridgehead atoms. The van der Waals surface area contributed by atoms with Crippen molar-refractivity contribution in [3.8, 4) is 0 Å². The second-order valence-electron chi connectivity index (χ2n) is 8.08. The number of carbonyl (C=O) groups is 2. The van der Waals surface area contributed by atoms with Crippen LogP contribution in [0.15, 0.2) is 30.5 Å². The lowest BCUT2D eigenvalue weighted by molar-refractivity contribution is -0.171. The predicted molar refractivity (Wildman–Crippen MR) is 112 cm³/mol. The van der Waals surface area contributed by atoms with Gasteiger partial charge in [0.2, 0.25) is 0 Å². The van der Waals surface area contributed by atoms with Gasteiger partial charge in [0.25, 0.3) is 0 Å². The lowest BCUT2D eigenvalue weighted by atomic mass is 9.58. The number of nitrogens with zero attached hydrogens (tertiary/aromatic N) is 4. The number of aliphatic carboxylic acids is 1. The fraction of sp³-hybridized carbons (Fsp3) is 0.524. The quantitative estimate of drug-likeness (QED) is 0.471. The van der Waals surface area contributed by atoms with E-state index >= 15 is 0 Å². The van der Waals surface area contributed by atoms with E-state index in [2.05, 4.69) is 15.2 Å². The number of hydrogen-bond acceptors (Lipinski definition) is 7. The smallest absolute Gasteiger partial charge is 0.315 e. The maximum absolute atomic E-state index is 14.9. The molecule has 0 aliphatic carbocycles. The summed E-state index contributed by atoms with van der Waals surface area (Å²) in [7, 11) is 1.30. The molecule has 31 heavy (non-hydrogen) atoms. The SMILES string of the molecule is COC(=O)C(c1ccccc1F)C1(c2cn(CCCC(=O)O)nn2)C2CN1CCC2S. The van der Waals surface area contributed by atoms with E-state index in [-0.39, 0.29) is 23.2 Å². The summed E-state index contributed by atoms with van der Waals surface area (Å²) >= 11 is 4.78. The number of thiol groups is 1. The Bertz CT molecular complexity index is 984. The number of esters is 1. The standard InChI is InChI=1S/C21H25FN4O4S/c1-30-20(29)19(13-5-2-3-6-15(13)22)21(14-11-25(21)10-8-16(14)31)17-12-26(24-23-17)9-4-7-18(27)28/h2-3,5-6,12,14,16,19,31H,4,7-11H2,1H3,(H,27,28). The van der Waals surface area contributed by atoms with Crippen LogP contribution in [0, 0.1) is 11.7 Å². The Hall–Kier alpha value is -2.46. The van der Waals surface area contributed by atoms with E-state index in [1.807, 2.05) is 0 Å². The van der Waals surface area contributed by atoms with Crippen LogP contribution in [0.4, 0.5) is 4.39 Å². The number of piperidine rings is 2. The maximum Gasteiger partial charge on any atom is 0.315 e. The van der Waals surface area contributed by atoms with Gasteiger partial charge in [-0.15, -0.1) is 5.10 Å². The number of aromatic nitrogens is 3. The molecule has 1 N–H and O–H groups in total. The highest BCUT2D eigenvalue weighted by molar-refractivity contribution is 7.81. The van der Waals surface area contributed by atoms with Gasteiger partial charge in [-0.3, -0.25) is 19.2 Å². The Labute approximate surface area is 184 Å². The summed E-state index contributed by atoms with van der Waals surface area (Å²) in [5.41, 5.74) is -0.117. The van der Waals surface area contributed by atoms with Gasteiger partial charge in [0.15, 0.2) is 0 Å². The van der Waals surface area contributed by atoms with E-state index in [1.165, 1.54) is 13.2 Å². The molecular weight excluding hydrogens is 423 g/mol. The first-order chi connectivity index (χ1) is 14.9. The van der Waals surface area contributed by atoms with Crippen molar-refractivity contribution in [1.82, 2.24) is 19.9 Å². The lowest BCUT2D eigenvalue weighted by Crippen LogP contribution is -2.74. The first-order valence-corrected chi connectivity index (χ1v) is 10.8. The van der Waals surface area contributed by atoms with Crippen LogP contribution < -0.4 is 0 Å². The van der Waals surface area contributed by atoms with Crippen LogP contribution in [0.25, 0.3) is 0 Å². The number of carboxylic acid groups (broad SMARTS) is 1. The molecule has 3 heterocycles. The molecule has 0 radical (unpaired) electrons. The molecule has 0 amide bonds. The number of carbonyl (C=O) groups excluding carboxylic acids is 1. The fourth-order valence-electron chi connectivity index (χ4n) is 5.08. The highest BCUT2D eigenvalue weighted by Gasteiger charge is 2.66. The summed E-state index contributed by atoms with van der Waals surface area (Å²) in [5, 5.41) is 17.4. The predicted octanol–water partition coefficient (Wildman–Crippen LogP) is 2.07. The van der Waals surface area contributed by atoms with E-state index in [0.29, 0.717) is 25.2 Å². The minimum absolute atomic E-state index is 0.0149. The summed E-state index contributed by atoms with van der Waals surface area (Å²) in [6.07, 6.45) is 3.02. The van der Waals surface area contributed by atoms with Gasteiger partial charge in [-0.25, -0.2) is 4.39 Å². The molecule has 1 aromatic carbocycles. The molecule has 166 valence electrons. The summed E-state index contributed by atoms with van der Waals surface area (Å²) in [6.45, 7) is 1.80. The van der Waals surface area contributed by atoms with Crippen LogP contribution in [-0.2, 0) is 26.4 Å². The van der Waals surface area contributed by atoms with Crippen molar-refractivity contribution in [2.45, 2.75) is 42.5 Å². The molecule has 0 spiro atoms. The van der Waals surface area contributed by atoms with Gasteiger partial charge in [0.05, 0.1) is 18.8 Å². The van der Waals surface area contributed by atoms with Crippen molar-refractivity contribution >= 4 is 24.6 Å². The molecule has 8 nitrogen and oxygen atoms in total. The largest absolute Gasteiger partial charge is 0.481 e. The average molecular weight is 449 g/mol. The Kier molecular flexibility index (Phi) is 6.02. The van der Waals surface area contributed by atoms with Gasteiger partial charge in [-0.2, -0.15) is 12.6 Å². The monoisotopic (exact) mass is 448 g/mol. The number of halogens is 1. The number of benzene rings is 1. The van der Waals surface area contributed by atoms with Crippen LogP contribution in [0.1, 0.15) is 36.4 Å². The summed E-state index contributed by atoms with van der Waals surface area (Å²) in [6, 6.07) is 6.23. The molecule has 2 aliphatic rings. The fourth-order valence-corrected chi connectivity index (χ4v) is 5.52. The minimum atomic E-state index is -0.934. The molecule has 10 heteroatoms. The number of hydrogen-bond donors (Lipinski definition) is 2. The first kappa shape index (κ1) is 21.8. The highest BCUT2D eigenvalue weighted by atomic mass is 32.1. The molecule has 1 aromatic heterocycles. The number of fused-ring (bicyclic) bond motifs is 2. The van der Waals surface area contributed by atoms with E-state index < -0.39 is 29.2 Å². The number of methoxy groups -OCH3 is 1. The average Bonchev–Trinajstić information content (AvgIpc) is 3.20. The van der Waals surface area contributed by atoms with Crippen LogP contribution in [0.5, 0.6) is 0 Å². The van der Waals surface area contributed by atoms with E-state index in [9.17, 15) is 14.0 Å². The molecule has 2 fully saturated rings. The first-order valence-electron chi connectivity index (χ1n) is 10.3. The zero-order valence-electron chi connectivity index (χ0n) is 17.1. The van der Waals surface area contributed by atoms with E-state index in [0.717, 1.165) is 13.0 Å². The van der Waals surface area contributed by atoms with Gasteiger partial charge in [0.1, 0.15) is 17.4 Å². The molecule has 5 unspecified atom stereocenters. The third-order valence-corrected chi connectivity index (χ3v) is 7.10. The topological polar surface area (TPSA) is 97.5 Å². The van der Waals surface area contributed by atoms with Crippen molar-refractivity contribution in [2.24, 2.45) is 5.92 Å². The zero-order chi connectivity index (χ0) is 22.2. The number of ether oxygens (including phenoxy) is 1. The second-order valence-corrected chi connectivity index (χ2v) is 8.74. The molecule has 2 aromatic rings. The molecule has 2 saturated heterocycles. The van der Waals surface area contributed by atoms with Crippen LogP contribution in [0.2, 0.25) is 0 Å². The van der Waals surface area contributed by atoms with Gasteiger partial charge in [-0.05, 0) is 18.9 Å². The summed E-state index contributed by atoms with van der Waals surface area (Å²) < 4.78 is 21.6. The Morgan fingerprint density at radius 3 is 2.84 bits per heavy atom. The molecule has 2 aliphatic heterocycles. The Morgan fingerprint density at radius 2 is 2.19 bits per heavy atom. The minimum Gasteiger partial charge on any atom is -0.481 e. The van der Waals surface area contributed by atoms with Crippen LogP contribution >= 0.6 is 12.6 Å². The summed E-state index contributed by atoms with van der Waals surface area (Å²) in [4.78, 5) is 26.1. The van der Waals surface area contributed by atoms with Gasteiger partial charge < -0.3 is 9.84 Å². The highest BCUT2D eigenvalue weighted by Crippen LogP contribution is 2.59. The van der Waals surface area contributed by atoms with Gasteiger partial charge >= 0.3 is 11.9 Å². The molecule has 4 rings (SSSR count). The third-order valence-electron chi connectivity index (χ3n) is 6.48. The van der Waals surface area contributed by atoms with Crippen molar-refractivity contribution in [2.75, 3.05) is 20.2 Å². The Morgan fingerprint density at radius 1 is 1.42 bits per heavy atom. The summed E-state index contributed by atoms with van der Waals surface area (Å²) in [5.74, 6) is -2.87. The third kappa shape index (κ3) is 3.61. The lowest BCUT2D eigenvalue weighted by Gasteiger charge is -2.65. The van der Waals surface area contributed by atoms with E-state index in [4.69, 9.17) is 22.5 Å². The van der Waals surface area contributed by atoms with Crippen molar-refractivity contribution in [3.05, 3.63) is 47.5 Å². The zero-order valence-corrected chi connectivity index (χ0v) is 18.0. The normalized spacial score (nSPS) is 27.9.